The minimum absolute atomic E-state index is 0.283. The number of allylic oxidation sites excluding steroid dienone is 1. The Hall–Kier alpha value is -1.27. The van der Waals surface area contributed by atoms with Crippen LogP contribution in [-0.2, 0) is 9.53 Å². The van der Waals surface area contributed by atoms with Crippen molar-refractivity contribution in [2.24, 2.45) is 0 Å². The monoisotopic (exact) mass is 210 g/mol. The van der Waals surface area contributed by atoms with E-state index >= 15 is 0 Å². The number of hydrogen-bond donors (Lipinski definition) is 1. The standard InChI is InChI=1S/C12H18O3/c1-10(7-9-15-11(2)13)6-5-8-12(3,4)14/h7,14H,6,9H2,1-4H3/b10-7+. The fourth-order valence-corrected chi connectivity index (χ4v) is 0.773. The van der Waals surface area contributed by atoms with Crippen LogP contribution in [0.4, 0.5) is 0 Å². The molecule has 0 atom stereocenters. The van der Waals surface area contributed by atoms with Crippen molar-refractivity contribution < 1.29 is 14.6 Å². The highest BCUT2D eigenvalue weighted by atomic mass is 16.5. The number of esters is 1. The summed E-state index contributed by atoms with van der Waals surface area (Å²) in [7, 11) is 0. The third kappa shape index (κ3) is 10.7. The van der Waals surface area contributed by atoms with Crippen molar-refractivity contribution in [3.63, 3.8) is 0 Å². The smallest absolute Gasteiger partial charge is 0.302 e. The Morgan fingerprint density at radius 1 is 1.47 bits per heavy atom. The van der Waals surface area contributed by atoms with Gasteiger partial charge in [0.25, 0.3) is 0 Å². The molecule has 0 unspecified atom stereocenters. The van der Waals surface area contributed by atoms with Crippen LogP contribution in [0, 0.1) is 11.8 Å². The summed E-state index contributed by atoms with van der Waals surface area (Å²) in [6.45, 7) is 6.83. The van der Waals surface area contributed by atoms with Crippen molar-refractivity contribution in [1.29, 1.82) is 0 Å². The van der Waals surface area contributed by atoms with Crippen molar-refractivity contribution in [2.75, 3.05) is 6.61 Å². The van der Waals surface area contributed by atoms with Gasteiger partial charge >= 0.3 is 5.97 Å². The van der Waals surface area contributed by atoms with Crippen molar-refractivity contribution in [2.45, 2.75) is 39.7 Å². The summed E-state index contributed by atoms with van der Waals surface area (Å²) >= 11 is 0. The van der Waals surface area contributed by atoms with Gasteiger partial charge in [-0.2, -0.15) is 0 Å². The maximum absolute atomic E-state index is 10.5. The van der Waals surface area contributed by atoms with Gasteiger partial charge in [-0.1, -0.05) is 17.4 Å². The molecule has 15 heavy (non-hydrogen) atoms. The van der Waals surface area contributed by atoms with Gasteiger partial charge in [-0.25, -0.2) is 0 Å². The molecule has 0 aromatic rings. The second kappa shape index (κ2) is 6.26. The summed E-state index contributed by atoms with van der Waals surface area (Å²) in [5.74, 6) is 5.27. The minimum Gasteiger partial charge on any atom is -0.462 e. The van der Waals surface area contributed by atoms with Crippen LogP contribution in [-0.4, -0.2) is 23.3 Å². The number of ether oxygens (including phenoxy) is 1. The van der Waals surface area contributed by atoms with Gasteiger partial charge in [0.2, 0.25) is 0 Å². The van der Waals surface area contributed by atoms with E-state index in [0.29, 0.717) is 6.42 Å². The zero-order chi connectivity index (χ0) is 11.9. The average molecular weight is 210 g/mol. The quantitative estimate of drug-likeness (QED) is 0.438. The molecule has 0 heterocycles. The Morgan fingerprint density at radius 3 is 2.53 bits per heavy atom. The van der Waals surface area contributed by atoms with Crippen molar-refractivity contribution in [3.05, 3.63) is 11.6 Å². The number of aliphatic hydroxyl groups is 1. The highest BCUT2D eigenvalue weighted by molar-refractivity contribution is 5.66. The third-order valence-corrected chi connectivity index (χ3v) is 1.48. The first-order chi connectivity index (χ1) is 6.81. The molecule has 0 radical (unpaired) electrons. The van der Waals surface area contributed by atoms with Gasteiger partial charge in [0, 0.05) is 13.3 Å². The van der Waals surface area contributed by atoms with Gasteiger partial charge in [0.05, 0.1) is 0 Å². The molecule has 0 aliphatic rings. The molecule has 0 saturated heterocycles. The molecule has 0 aromatic heterocycles. The first-order valence-electron chi connectivity index (χ1n) is 4.82. The lowest BCUT2D eigenvalue weighted by Crippen LogP contribution is -2.14. The highest BCUT2D eigenvalue weighted by Gasteiger charge is 2.05. The summed E-state index contributed by atoms with van der Waals surface area (Å²) < 4.78 is 4.75. The fourth-order valence-electron chi connectivity index (χ4n) is 0.773. The summed E-state index contributed by atoms with van der Waals surface area (Å²) in [5.41, 5.74) is 0.0730. The molecule has 3 nitrogen and oxygen atoms in total. The zero-order valence-corrected chi connectivity index (χ0v) is 9.76. The van der Waals surface area contributed by atoms with E-state index in [2.05, 4.69) is 11.8 Å². The lowest BCUT2D eigenvalue weighted by atomic mass is 10.1. The van der Waals surface area contributed by atoms with Gasteiger partial charge in [-0.3, -0.25) is 4.79 Å². The molecule has 0 amide bonds. The van der Waals surface area contributed by atoms with Crippen LogP contribution in [0.15, 0.2) is 11.6 Å². The molecule has 0 aliphatic carbocycles. The third-order valence-electron chi connectivity index (χ3n) is 1.48. The number of carbonyl (C=O) groups is 1. The van der Waals surface area contributed by atoms with Crippen LogP contribution in [0.3, 0.4) is 0 Å². The molecule has 0 bridgehead atoms. The van der Waals surface area contributed by atoms with Crippen LogP contribution < -0.4 is 0 Å². The maximum Gasteiger partial charge on any atom is 0.302 e. The van der Waals surface area contributed by atoms with E-state index in [9.17, 15) is 9.90 Å². The minimum atomic E-state index is -0.948. The van der Waals surface area contributed by atoms with Crippen molar-refractivity contribution in [3.8, 4) is 11.8 Å². The molecule has 0 aliphatic heterocycles. The van der Waals surface area contributed by atoms with Crippen molar-refractivity contribution in [1.82, 2.24) is 0 Å². The molecular formula is C12H18O3. The molecule has 1 N–H and O–H groups in total. The lowest BCUT2D eigenvalue weighted by Gasteiger charge is -2.05. The predicted molar refractivity (Wildman–Crippen MR) is 59.1 cm³/mol. The topological polar surface area (TPSA) is 46.5 Å². The fraction of sp³-hybridized carbons (Fsp3) is 0.583. The van der Waals surface area contributed by atoms with Crippen LogP contribution in [0.1, 0.15) is 34.1 Å². The molecule has 0 aromatic carbocycles. The SMILES string of the molecule is CC(=O)OC/C=C(\C)CC#CC(C)(C)O. The van der Waals surface area contributed by atoms with Gasteiger partial charge < -0.3 is 9.84 Å². The summed E-state index contributed by atoms with van der Waals surface area (Å²) in [6.07, 6.45) is 2.38. The summed E-state index contributed by atoms with van der Waals surface area (Å²) in [4.78, 5) is 10.5. The van der Waals surface area contributed by atoms with E-state index in [0.717, 1.165) is 5.57 Å². The molecule has 0 spiro atoms. The summed E-state index contributed by atoms with van der Waals surface area (Å²) in [5, 5.41) is 9.32. The normalized spacial score (nSPS) is 11.7. The molecule has 0 fully saturated rings. The maximum atomic E-state index is 10.5. The van der Waals surface area contributed by atoms with E-state index in [-0.39, 0.29) is 12.6 Å². The highest BCUT2D eigenvalue weighted by Crippen LogP contribution is 2.01. The first-order valence-corrected chi connectivity index (χ1v) is 4.82. The second-order valence-corrected chi connectivity index (χ2v) is 3.89. The Labute approximate surface area is 91.1 Å². The second-order valence-electron chi connectivity index (χ2n) is 3.89. The van der Waals surface area contributed by atoms with Crippen LogP contribution >= 0.6 is 0 Å². The number of carbonyl (C=O) groups excluding carboxylic acids is 1. The van der Waals surface area contributed by atoms with Gasteiger partial charge in [-0.15, -0.1) is 0 Å². The van der Waals surface area contributed by atoms with E-state index in [1.807, 2.05) is 6.92 Å². The molecule has 3 heteroatoms. The lowest BCUT2D eigenvalue weighted by molar-refractivity contribution is -0.139. The number of rotatable bonds is 3. The van der Waals surface area contributed by atoms with E-state index in [1.54, 1.807) is 19.9 Å². The van der Waals surface area contributed by atoms with E-state index < -0.39 is 5.60 Å². The van der Waals surface area contributed by atoms with E-state index in [1.165, 1.54) is 6.92 Å². The molecule has 84 valence electrons. The average Bonchev–Trinajstić information content (AvgIpc) is 2.00. The Kier molecular flexibility index (Phi) is 5.73. The Balaban J connectivity index is 3.96. The first kappa shape index (κ1) is 13.7. The van der Waals surface area contributed by atoms with Gasteiger partial charge in [0.15, 0.2) is 0 Å². The van der Waals surface area contributed by atoms with Crippen LogP contribution in [0.25, 0.3) is 0 Å². The van der Waals surface area contributed by atoms with E-state index in [4.69, 9.17) is 4.74 Å². The predicted octanol–water partition coefficient (Wildman–Crippen LogP) is 1.66. The Bertz CT molecular complexity index is 297. The summed E-state index contributed by atoms with van der Waals surface area (Å²) in [6, 6.07) is 0. The van der Waals surface area contributed by atoms with Crippen LogP contribution in [0.2, 0.25) is 0 Å². The zero-order valence-electron chi connectivity index (χ0n) is 9.76. The van der Waals surface area contributed by atoms with Gasteiger partial charge in [-0.05, 0) is 26.8 Å². The number of hydrogen-bond acceptors (Lipinski definition) is 3. The van der Waals surface area contributed by atoms with Crippen molar-refractivity contribution >= 4 is 5.97 Å². The largest absolute Gasteiger partial charge is 0.462 e. The molecule has 0 saturated carbocycles. The van der Waals surface area contributed by atoms with Crippen LogP contribution in [0.5, 0.6) is 0 Å². The van der Waals surface area contributed by atoms with Gasteiger partial charge in [0.1, 0.15) is 12.2 Å². The Morgan fingerprint density at radius 2 is 2.07 bits per heavy atom. The molecule has 0 rings (SSSR count). The molecular weight excluding hydrogens is 192 g/mol.